The molecule has 8 nitrogen and oxygen atoms in total. The van der Waals surface area contributed by atoms with Crippen molar-refractivity contribution in [2.24, 2.45) is 0 Å². The number of aryl methyl sites for hydroxylation is 1. The van der Waals surface area contributed by atoms with Gasteiger partial charge in [-0.2, -0.15) is 0 Å². The lowest BCUT2D eigenvalue weighted by molar-refractivity contribution is 0.102. The maximum absolute atomic E-state index is 13.3. The zero-order valence-electron chi connectivity index (χ0n) is 17.1. The second kappa shape index (κ2) is 7.77. The number of benzene rings is 2. The van der Waals surface area contributed by atoms with Crippen LogP contribution in [-0.4, -0.2) is 35.2 Å². The molecule has 0 bridgehead atoms. The fourth-order valence-electron chi connectivity index (χ4n) is 3.71. The minimum absolute atomic E-state index is 0.173. The number of anilines is 2. The molecule has 2 aromatic heterocycles. The summed E-state index contributed by atoms with van der Waals surface area (Å²) in [5.41, 5.74) is 3.40. The minimum Gasteiger partial charge on any atom is -0.336 e. The molecule has 1 aliphatic heterocycles. The molecule has 4 aromatic rings. The van der Waals surface area contributed by atoms with Gasteiger partial charge in [0.1, 0.15) is 5.82 Å². The number of nitrogens with one attached hydrogen (secondary N) is 2. The van der Waals surface area contributed by atoms with Crippen molar-refractivity contribution in [3.63, 3.8) is 0 Å². The van der Waals surface area contributed by atoms with Crippen molar-refractivity contribution in [2.75, 3.05) is 23.3 Å². The Hall–Kier alpha value is -4.27. The van der Waals surface area contributed by atoms with Crippen LogP contribution in [0.3, 0.4) is 0 Å². The van der Waals surface area contributed by atoms with Gasteiger partial charge in [0.2, 0.25) is 0 Å². The SMILES string of the molecule is Cc1noc2nc(-c3ccc(F)cc3)cc(C(=O)Nc3cccc(N4CCNC4=O)c3)c12. The summed E-state index contributed by atoms with van der Waals surface area (Å²) in [4.78, 5) is 31.3. The van der Waals surface area contributed by atoms with Crippen LogP contribution < -0.4 is 15.5 Å². The summed E-state index contributed by atoms with van der Waals surface area (Å²) in [5.74, 6) is -0.745. The molecule has 0 saturated carbocycles. The fraction of sp³-hybridized carbons (Fsp3) is 0.130. The van der Waals surface area contributed by atoms with Gasteiger partial charge in [0.15, 0.2) is 0 Å². The summed E-state index contributed by atoms with van der Waals surface area (Å²) >= 11 is 0. The molecule has 1 saturated heterocycles. The number of rotatable bonds is 4. The number of amides is 3. The van der Waals surface area contributed by atoms with E-state index < -0.39 is 0 Å². The largest absolute Gasteiger partial charge is 0.336 e. The van der Waals surface area contributed by atoms with Crippen molar-refractivity contribution >= 4 is 34.4 Å². The molecular weight excluding hydrogens is 413 g/mol. The van der Waals surface area contributed by atoms with Gasteiger partial charge < -0.3 is 15.2 Å². The Morgan fingerprint density at radius 1 is 1.19 bits per heavy atom. The molecule has 3 heterocycles. The van der Waals surface area contributed by atoms with E-state index in [4.69, 9.17) is 4.52 Å². The Morgan fingerprint density at radius 2 is 2.00 bits per heavy atom. The van der Waals surface area contributed by atoms with Crippen LogP contribution in [0.1, 0.15) is 16.1 Å². The van der Waals surface area contributed by atoms with Crippen LogP contribution in [-0.2, 0) is 0 Å². The summed E-state index contributed by atoms with van der Waals surface area (Å²) in [5, 5.41) is 10.1. The van der Waals surface area contributed by atoms with E-state index in [0.717, 1.165) is 0 Å². The number of carbonyl (C=O) groups excluding carboxylic acids is 2. The molecule has 160 valence electrons. The molecule has 32 heavy (non-hydrogen) atoms. The summed E-state index contributed by atoms with van der Waals surface area (Å²) in [6, 6.07) is 14.3. The first kappa shape index (κ1) is 19.7. The fourth-order valence-corrected chi connectivity index (χ4v) is 3.71. The molecule has 1 aliphatic rings. The minimum atomic E-state index is -0.380. The average molecular weight is 431 g/mol. The molecule has 3 amide bonds. The maximum Gasteiger partial charge on any atom is 0.321 e. The summed E-state index contributed by atoms with van der Waals surface area (Å²) < 4.78 is 18.6. The molecule has 0 radical (unpaired) electrons. The van der Waals surface area contributed by atoms with Crippen LogP contribution >= 0.6 is 0 Å². The highest BCUT2D eigenvalue weighted by atomic mass is 19.1. The second-order valence-electron chi connectivity index (χ2n) is 7.40. The molecule has 9 heteroatoms. The van der Waals surface area contributed by atoms with Gasteiger partial charge >= 0.3 is 6.03 Å². The van der Waals surface area contributed by atoms with Crippen LogP contribution in [0.5, 0.6) is 0 Å². The summed E-state index contributed by atoms with van der Waals surface area (Å²) in [7, 11) is 0. The first-order valence-corrected chi connectivity index (χ1v) is 9.99. The number of hydrogen-bond acceptors (Lipinski definition) is 5. The number of pyridine rings is 1. The maximum atomic E-state index is 13.3. The molecule has 2 N–H and O–H groups in total. The number of nitrogens with zero attached hydrogens (tertiary/aromatic N) is 3. The Balaban J connectivity index is 1.51. The van der Waals surface area contributed by atoms with Crippen LogP contribution in [0.4, 0.5) is 20.6 Å². The third kappa shape index (κ3) is 3.53. The Morgan fingerprint density at radius 3 is 2.75 bits per heavy atom. The van der Waals surface area contributed by atoms with E-state index in [0.29, 0.717) is 52.4 Å². The number of aromatic nitrogens is 2. The number of halogens is 1. The van der Waals surface area contributed by atoms with E-state index in [9.17, 15) is 14.0 Å². The Bertz CT molecular complexity index is 1350. The normalized spacial score (nSPS) is 13.4. The lowest BCUT2D eigenvalue weighted by atomic mass is 10.0. The highest BCUT2D eigenvalue weighted by Crippen LogP contribution is 2.28. The van der Waals surface area contributed by atoms with Gasteiger partial charge in [-0.25, -0.2) is 14.2 Å². The predicted octanol–water partition coefficient (Wildman–Crippen LogP) is 4.12. The Kier molecular flexibility index (Phi) is 4.78. The molecule has 0 atom stereocenters. The number of fused-ring (bicyclic) bond motifs is 1. The molecular formula is C23H18FN5O3. The van der Waals surface area contributed by atoms with E-state index in [1.165, 1.54) is 12.1 Å². The van der Waals surface area contributed by atoms with Crippen molar-refractivity contribution in [3.05, 3.63) is 71.7 Å². The summed E-state index contributed by atoms with van der Waals surface area (Å²) in [6.07, 6.45) is 0. The smallest absolute Gasteiger partial charge is 0.321 e. The molecule has 5 rings (SSSR count). The quantitative estimate of drug-likeness (QED) is 0.506. The van der Waals surface area contributed by atoms with Crippen LogP contribution in [0.2, 0.25) is 0 Å². The van der Waals surface area contributed by atoms with E-state index in [1.807, 2.05) is 6.07 Å². The van der Waals surface area contributed by atoms with E-state index >= 15 is 0 Å². The lowest BCUT2D eigenvalue weighted by Crippen LogP contribution is -2.27. The van der Waals surface area contributed by atoms with Crippen LogP contribution in [0, 0.1) is 12.7 Å². The van der Waals surface area contributed by atoms with E-state index in [1.54, 1.807) is 48.2 Å². The van der Waals surface area contributed by atoms with Crippen molar-refractivity contribution in [1.29, 1.82) is 0 Å². The zero-order chi connectivity index (χ0) is 22.2. The zero-order valence-corrected chi connectivity index (χ0v) is 17.1. The number of carbonyl (C=O) groups is 2. The van der Waals surface area contributed by atoms with E-state index in [2.05, 4.69) is 20.8 Å². The van der Waals surface area contributed by atoms with Gasteiger partial charge in [-0.1, -0.05) is 11.2 Å². The molecule has 0 aliphatic carbocycles. The predicted molar refractivity (Wildman–Crippen MR) is 117 cm³/mol. The van der Waals surface area contributed by atoms with Gasteiger partial charge in [0, 0.05) is 30.0 Å². The lowest BCUT2D eigenvalue weighted by Gasteiger charge is -2.15. The topological polar surface area (TPSA) is 100 Å². The third-order valence-corrected chi connectivity index (χ3v) is 5.27. The first-order chi connectivity index (χ1) is 15.5. The molecule has 2 aromatic carbocycles. The van der Waals surface area contributed by atoms with Crippen molar-refractivity contribution < 1.29 is 18.5 Å². The highest BCUT2D eigenvalue weighted by molar-refractivity contribution is 6.13. The van der Waals surface area contributed by atoms with Gasteiger partial charge in [0.25, 0.3) is 11.6 Å². The highest BCUT2D eigenvalue weighted by Gasteiger charge is 2.22. The summed E-state index contributed by atoms with van der Waals surface area (Å²) in [6.45, 7) is 2.86. The van der Waals surface area contributed by atoms with Crippen LogP contribution in [0.15, 0.2) is 59.1 Å². The van der Waals surface area contributed by atoms with Gasteiger partial charge in [-0.05, 0) is 55.5 Å². The van der Waals surface area contributed by atoms with Gasteiger partial charge in [0.05, 0.1) is 22.3 Å². The second-order valence-corrected chi connectivity index (χ2v) is 7.40. The monoisotopic (exact) mass is 431 g/mol. The standard InChI is InChI=1S/C23H18FN5O3/c1-13-20-18(12-19(27-22(20)32-28-13)14-5-7-15(24)8-6-14)21(30)26-16-3-2-4-17(11-16)29-10-9-25-23(29)31/h2-8,11-12H,9-10H2,1H3,(H,25,31)(H,26,30). The van der Waals surface area contributed by atoms with Gasteiger partial charge in [-0.15, -0.1) is 0 Å². The third-order valence-electron chi connectivity index (χ3n) is 5.27. The van der Waals surface area contributed by atoms with Crippen LogP contribution in [0.25, 0.3) is 22.4 Å². The number of hydrogen-bond donors (Lipinski definition) is 2. The van der Waals surface area contributed by atoms with Gasteiger partial charge in [-0.3, -0.25) is 9.69 Å². The van der Waals surface area contributed by atoms with E-state index in [-0.39, 0.29) is 23.5 Å². The molecule has 0 spiro atoms. The Labute approximate surface area is 182 Å². The molecule has 0 unspecified atom stereocenters. The first-order valence-electron chi connectivity index (χ1n) is 9.99. The van der Waals surface area contributed by atoms with Crippen molar-refractivity contribution in [3.8, 4) is 11.3 Å². The molecule has 1 fully saturated rings. The number of urea groups is 1. The average Bonchev–Trinajstić information content (AvgIpc) is 3.39. The van der Waals surface area contributed by atoms with Crippen molar-refractivity contribution in [2.45, 2.75) is 6.92 Å². The van der Waals surface area contributed by atoms with Crippen molar-refractivity contribution in [1.82, 2.24) is 15.5 Å².